The van der Waals surface area contributed by atoms with E-state index in [1.54, 1.807) is 28.2 Å². The number of nitriles is 1. The minimum Gasteiger partial charge on any atom is -0.349 e. The Morgan fingerprint density at radius 2 is 2.05 bits per heavy atom. The maximum atomic E-state index is 13.7. The highest BCUT2D eigenvalue weighted by Crippen LogP contribution is 2.47. The molecule has 3 aliphatic rings. The molecule has 3 heterocycles. The smallest absolute Gasteiger partial charge is 0.254 e. The molecule has 1 aliphatic heterocycles. The second-order valence-electron chi connectivity index (χ2n) is 10.5. The van der Waals surface area contributed by atoms with E-state index in [1.807, 2.05) is 19.9 Å². The number of hydrogen-bond donors (Lipinski definition) is 1. The van der Waals surface area contributed by atoms with E-state index in [-0.39, 0.29) is 41.6 Å². The normalized spacial score (nSPS) is 24.7. The van der Waals surface area contributed by atoms with Crippen LogP contribution in [0, 0.1) is 35.9 Å². The van der Waals surface area contributed by atoms with Crippen LogP contribution in [0.3, 0.4) is 0 Å². The molecule has 2 aliphatic carbocycles. The number of hydrogen-bond acceptors (Lipinski definition) is 5. The zero-order valence-corrected chi connectivity index (χ0v) is 20.7. The molecule has 37 heavy (non-hydrogen) atoms. The third kappa shape index (κ3) is 4.16. The number of nitrogens with one attached hydrogen (secondary N) is 1. The summed E-state index contributed by atoms with van der Waals surface area (Å²) < 4.78 is 15.4. The van der Waals surface area contributed by atoms with Crippen LogP contribution >= 0.6 is 0 Å². The topological polar surface area (TPSA) is 104 Å². The Morgan fingerprint density at radius 1 is 1.24 bits per heavy atom. The maximum Gasteiger partial charge on any atom is 0.254 e. The summed E-state index contributed by atoms with van der Waals surface area (Å²) in [5.74, 6) is 1.05. The number of aryl methyl sites for hydroxylation is 1. The first-order valence-corrected chi connectivity index (χ1v) is 12.6. The van der Waals surface area contributed by atoms with Gasteiger partial charge in [0.15, 0.2) is 0 Å². The van der Waals surface area contributed by atoms with Gasteiger partial charge in [-0.3, -0.25) is 19.2 Å². The van der Waals surface area contributed by atoms with Gasteiger partial charge in [0.05, 0.1) is 29.4 Å². The molecule has 3 atom stereocenters. The zero-order valence-electron chi connectivity index (χ0n) is 20.7. The van der Waals surface area contributed by atoms with Crippen LogP contribution in [-0.2, 0) is 4.79 Å². The minimum atomic E-state index is -0.357. The van der Waals surface area contributed by atoms with E-state index >= 15 is 0 Å². The lowest BCUT2D eigenvalue weighted by Crippen LogP contribution is -2.43. The number of amides is 2. The maximum absolute atomic E-state index is 13.7. The van der Waals surface area contributed by atoms with Gasteiger partial charge in [0.1, 0.15) is 11.6 Å². The lowest BCUT2D eigenvalue weighted by molar-refractivity contribution is -0.118. The molecule has 0 spiro atoms. The standard InChI is InChI=1S/C28H27FN6O2/c1-15-5-26(34-13-19-8-24(19)28(34)37)31-12-25(15)16(2)35-14-20(11-32-35)27(36)33-22-6-18(7-22)23-9-21(29)4-3-17(23)10-30/h3-5,9,11-12,14,16,18-19,22,24H,6-8,13H2,1-2H3,(H,33,36)/t16-,18-,19+,22+,24+/m0/s1. The molecule has 1 saturated heterocycles. The zero-order chi connectivity index (χ0) is 25.8. The lowest BCUT2D eigenvalue weighted by Gasteiger charge is -2.36. The third-order valence-electron chi connectivity index (χ3n) is 8.09. The number of carbonyl (C=O) groups is 2. The molecule has 0 bridgehead atoms. The van der Waals surface area contributed by atoms with E-state index in [9.17, 15) is 19.2 Å². The Hall–Kier alpha value is -4.06. The molecule has 6 rings (SSSR count). The van der Waals surface area contributed by atoms with Crippen LogP contribution in [0.4, 0.5) is 10.2 Å². The third-order valence-corrected chi connectivity index (χ3v) is 8.09. The summed E-state index contributed by atoms with van der Waals surface area (Å²) in [6.07, 6.45) is 7.40. The second kappa shape index (κ2) is 8.80. The number of piperidine rings is 1. The Morgan fingerprint density at radius 3 is 2.76 bits per heavy atom. The summed E-state index contributed by atoms with van der Waals surface area (Å²) in [6, 6.07) is 8.11. The highest BCUT2D eigenvalue weighted by Gasteiger charge is 2.52. The molecule has 2 saturated carbocycles. The summed E-state index contributed by atoms with van der Waals surface area (Å²) in [7, 11) is 0. The molecule has 8 nitrogen and oxygen atoms in total. The fourth-order valence-corrected chi connectivity index (χ4v) is 5.66. The van der Waals surface area contributed by atoms with Crippen molar-refractivity contribution >= 4 is 17.6 Å². The summed E-state index contributed by atoms with van der Waals surface area (Å²) in [6.45, 7) is 4.75. The highest BCUT2D eigenvalue weighted by atomic mass is 19.1. The molecule has 3 fully saturated rings. The molecule has 3 aromatic rings. The van der Waals surface area contributed by atoms with Gasteiger partial charge >= 0.3 is 0 Å². The van der Waals surface area contributed by atoms with Gasteiger partial charge in [-0.25, -0.2) is 9.37 Å². The summed E-state index contributed by atoms with van der Waals surface area (Å²) in [4.78, 5) is 31.6. The minimum absolute atomic E-state index is 0.0357. The molecule has 188 valence electrons. The van der Waals surface area contributed by atoms with Crippen molar-refractivity contribution in [3.8, 4) is 6.07 Å². The molecule has 2 aromatic heterocycles. The van der Waals surface area contributed by atoms with Gasteiger partial charge in [0, 0.05) is 30.9 Å². The summed E-state index contributed by atoms with van der Waals surface area (Å²) in [5, 5.41) is 16.7. The van der Waals surface area contributed by atoms with E-state index in [0.29, 0.717) is 41.3 Å². The van der Waals surface area contributed by atoms with Gasteiger partial charge in [-0.05, 0) is 85.9 Å². The Balaban J connectivity index is 1.08. The van der Waals surface area contributed by atoms with Crippen LogP contribution in [0.2, 0.25) is 0 Å². The summed E-state index contributed by atoms with van der Waals surface area (Å²) in [5.41, 5.74) is 3.63. The predicted molar refractivity (Wildman–Crippen MR) is 133 cm³/mol. The largest absolute Gasteiger partial charge is 0.349 e. The first kappa shape index (κ1) is 23.3. The molecular weight excluding hydrogens is 471 g/mol. The van der Waals surface area contributed by atoms with Crippen molar-refractivity contribution in [3.63, 3.8) is 0 Å². The molecular formula is C28H27FN6O2. The van der Waals surface area contributed by atoms with E-state index in [2.05, 4.69) is 21.5 Å². The van der Waals surface area contributed by atoms with Crippen molar-refractivity contribution in [1.29, 1.82) is 5.26 Å². The number of aromatic nitrogens is 3. The fourth-order valence-electron chi connectivity index (χ4n) is 5.66. The van der Waals surface area contributed by atoms with E-state index < -0.39 is 0 Å². The van der Waals surface area contributed by atoms with Crippen molar-refractivity contribution in [2.75, 3.05) is 11.4 Å². The van der Waals surface area contributed by atoms with Crippen LogP contribution in [0.15, 0.2) is 42.9 Å². The SMILES string of the molecule is Cc1cc(N2C[C@H]3C[C@H]3C2=O)ncc1[C@H](C)n1cc(C(=O)N[C@H]2C[C@@H](c3cc(F)ccc3C#N)C2)cn1. The molecule has 1 N–H and O–H groups in total. The quantitative estimate of drug-likeness (QED) is 0.556. The van der Waals surface area contributed by atoms with E-state index in [1.165, 1.54) is 18.2 Å². The number of pyridine rings is 1. The van der Waals surface area contributed by atoms with E-state index in [4.69, 9.17) is 0 Å². The average Bonchev–Trinajstić information content (AvgIpc) is 3.31. The monoisotopic (exact) mass is 498 g/mol. The van der Waals surface area contributed by atoms with Crippen LogP contribution in [-0.4, -0.2) is 39.2 Å². The van der Waals surface area contributed by atoms with Crippen molar-refractivity contribution in [1.82, 2.24) is 20.1 Å². The first-order chi connectivity index (χ1) is 17.8. The van der Waals surface area contributed by atoms with Gasteiger partial charge in [-0.1, -0.05) is 0 Å². The Kier molecular flexibility index (Phi) is 5.55. The summed E-state index contributed by atoms with van der Waals surface area (Å²) >= 11 is 0. The average molecular weight is 499 g/mol. The number of fused-ring (bicyclic) bond motifs is 1. The lowest BCUT2D eigenvalue weighted by atomic mass is 9.74. The second-order valence-corrected chi connectivity index (χ2v) is 10.5. The molecule has 0 unspecified atom stereocenters. The first-order valence-electron chi connectivity index (χ1n) is 12.6. The van der Waals surface area contributed by atoms with Gasteiger partial charge < -0.3 is 5.32 Å². The number of rotatable bonds is 6. The van der Waals surface area contributed by atoms with Gasteiger partial charge in [-0.2, -0.15) is 10.4 Å². The van der Waals surface area contributed by atoms with Crippen LogP contribution in [0.5, 0.6) is 0 Å². The number of carbonyl (C=O) groups excluding carboxylic acids is 2. The molecule has 1 aromatic carbocycles. The van der Waals surface area contributed by atoms with Crippen molar-refractivity contribution in [2.24, 2.45) is 11.8 Å². The van der Waals surface area contributed by atoms with Crippen molar-refractivity contribution in [2.45, 2.75) is 51.1 Å². The van der Waals surface area contributed by atoms with Gasteiger partial charge in [0.25, 0.3) is 5.91 Å². The van der Waals surface area contributed by atoms with Crippen LogP contribution in [0.1, 0.15) is 70.8 Å². The molecule has 9 heteroatoms. The number of nitrogens with zero attached hydrogens (tertiary/aromatic N) is 5. The Labute approximate surface area is 214 Å². The van der Waals surface area contributed by atoms with Crippen LogP contribution in [0.25, 0.3) is 0 Å². The highest BCUT2D eigenvalue weighted by molar-refractivity contribution is 5.99. The number of benzene rings is 1. The van der Waals surface area contributed by atoms with Crippen LogP contribution < -0.4 is 10.2 Å². The number of halogens is 1. The predicted octanol–water partition coefficient (Wildman–Crippen LogP) is 3.87. The van der Waals surface area contributed by atoms with Gasteiger partial charge in [0.2, 0.25) is 5.91 Å². The Bertz CT molecular complexity index is 1450. The molecule has 0 radical (unpaired) electrons. The fraction of sp³-hybridized carbons (Fsp3) is 0.393. The van der Waals surface area contributed by atoms with Crippen molar-refractivity contribution < 1.29 is 14.0 Å². The van der Waals surface area contributed by atoms with Gasteiger partial charge in [-0.15, -0.1) is 0 Å². The number of anilines is 1. The molecule has 2 amide bonds. The van der Waals surface area contributed by atoms with E-state index in [0.717, 1.165) is 24.1 Å². The van der Waals surface area contributed by atoms with Crippen molar-refractivity contribution in [3.05, 3.63) is 76.5 Å².